The minimum atomic E-state index is -0.522. The van der Waals surface area contributed by atoms with E-state index in [0.29, 0.717) is 18.2 Å². The first-order chi connectivity index (χ1) is 18.2. The number of rotatable bonds is 8. The monoisotopic (exact) mass is 519 g/mol. The zero-order chi connectivity index (χ0) is 26.9. The van der Waals surface area contributed by atoms with Crippen molar-refractivity contribution < 1.29 is 19.4 Å². The third-order valence-corrected chi connectivity index (χ3v) is 8.45. The number of ether oxygens (including phenoxy) is 2. The van der Waals surface area contributed by atoms with E-state index in [0.717, 1.165) is 74.2 Å². The maximum Gasteiger partial charge on any atom is 0.255 e. The quantitative estimate of drug-likeness (QED) is 0.372. The van der Waals surface area contributed by atoms with Gasteiger partial charge in [-0.1, -0.05) is 6.07 Å². The lowest BCUT2D eigenvalue weighted by molar-refractivity contribution is 0.0139. The molecule has 0 bridgehead atoms. The van der Waals surface area contributed by atoms with Crippen LogP contribution in [0.2, 0.25) is 0 Å². The molecule has 5 rings (SSSR count). The number of carbonyl (C=O) groups is 1. The van der Waals surface area contributed by atoms with Crippen molar-refractivity contribution in [2.45, 2.75) is 83.6 Å². The third-order valence-electron chi connectivity index (χ3n) is 8.45. The van der Waals surface area contributed by atoms with Gasteiger partial charge in [-0.05, 0) is 101 Å². The summed E-state index contributed by atoms with van der Waals surface area (Å²) in [5, 5.41) is 18.3. The number of anilines is 1. The second-order valence-corrected chi connectivity index (χ2v) is 11.3. The van der Waals surface area contributed by atoms with Crippen LogP contribution in [-0.4, -0.2) is 46.5 Å². The number of fused-ring (bicyclic) bond motifs is 1. The average Bonchev–Trinajstić information content (AvgIpc) is 3.51. The summed E-state index contributed by atoms with van der Waals surface area (Å²) >= 11 is 0. The molecule has 2 aliphatic rings. The largest absolute Gasteiger partial charge is 0.491 e. The van der Waals surface area contributed by atoms with Gasteiger partial charge in [0.2, 0.25) is 0 Å². The summed E-state index contributed by atoms with van der Waals surface area (Å²) < 4.78 is 13.7. The minimum absolute atomic E-state index is 0.140. The molecule has 3 N–H and O–H groups in total. The van der Waals surface area contributed by atoms with Crippen LogP contribution in [0.4, 0.5) is 5.69 Å². The molecule has 1 atom stereocenters. The molecule has 0 spiro atoms. The van der Waals surface area contributed by atoms with Crippen LogP contribution in [0.5, 0.6) is 5.75 Å². The molecule has 0 unspecified atom stereocenters. The van der Waals surface area contributed by atoms with Crippen LogP contribution in [0.25, 0.3) is 10.9 Å². The first-order valence-electron chi connectivity index (χ1n) is 13.9. The highest BCUT2D eigenvalue weighted by molar-refractivity contribution is 6.06. The highest BCUT2D eigenvalue weighted by atomic mass is 16.5. The molecule has 2 aromatic carbocycles. The van der Waals surface area contributed by atoms with Gasteiger partial charge in [-0.25, -0.2) is 0 Å². The van der Waals surface area contributed by atoms with Crippen molar-refractivity contribution in [1.29, 1.82) is 0 Å². The van der Waals surface area contributed by atoms with Crippen LogP contribution >= 0.6 is 0 Å². The van der Waals surface area contributed by atoms with Crippen LogP contribution in [0.15, 0.2) is 36.4 Å². The van der Waals surface area contributed by atoms with Gasteiger partial charge in [0.25, 0.3) is 5.91 Å². The van der Waals surface area contributed by atoms with Crippen LogP contribution in [0.3, 0.4) is 0 Å². The fourth-order valence-electron chi connectivity index (χ4n) is 5.91. The lowest BCUT2D eigenvalue weighted by atomic mass is 9.83. The van der Waals surface area contributed by atoms with Crippen LogP contribution in [-0.2, 0) is 18.3 Å². The molecule has 1 saturated heterocycles. The van der Waals surface area contributed by atoms with E-state index in [9.17, 15) is 9.90 Å². The molecule has 3 aromatic rings. The van der Waals surface area contributed by atoms with Gasteiger partial charge in [-0.3, -0.25) is 4.79 Å². The van der Waals surface area contributed by atoms with Crippen molar-refractivity contribution in [2.24, 2.45) is 7.05 Å². The van der Waals surface area contributed by atoms with Gasteiger partial charge in [0, 0.05) is 48.6 Å². The maximum absolute atomic E-state index is 13.1. The molecule has 1 amide bonds. The average molecular weight is 520 g/mol. The predicted molar refractivity (Wildman–Crippen MR) is 151 cm³/mol. The minimum Gasteiger partial charge on any atom is -0.491 e. The summed E-state index contributed by atoms with van der Waals surface area (Å²) in [4.78, 5) is 13.1. The number of carbonyl (C=O) groups excluding carboxylic acids is 1. The standard InChI is InChI=1S/C31H41N3O4/c1-20-26-11-12-27(33-30(35)22-7-9-24(10-8-22)38-19-25-6-5-17-37-25)21(2)29(26)34(4)28(20)18-32-23-13-15-31(3,36)16-14-23/h7-12,23,25,32,36H,5-6,13-19H2,1-4H3,(H,33,35)/t23-,25-,31+/m0/s1. The Morgan fingerprint density at radius 1 is 1.11 bits per heavy atom. The van der Waals surface area contributed by atoms with E-state index in [1.807, 2.05) is 25.1 Å². The Morgan fingerprint density at radius 3 is 2.53 bits per heavy atom. The molecular formula is C31H41N3O4. The van der Waals surface area contributed by atoms with Crippen LogP contribution in [0, 0.1) is 13.8 Å². The molecule has 7 nitrogen and oxygen atoms in total. The summed E-state index contributed by atoms with van der Waals surface area (Å²) in [5.41, 5.74) is 5.59. The Labute approximate surface area is 225 Å². The molecule has 2 fully saturated rings. The SMILES string of the molecule is Cc1c(CN[C@H]2CC[C@@](C)(O)CC2)n(C)c2c(C)c(NC(=O)c3ccc(OC[C@@H]4CCCO4)cc3)ccc12. The first kappa shape index (κ1) is 26.7. The topological polar surface area (TPSA) is 84.8 Å². The summed E-state index contributed by atoms with van der Waals surface area (Å²) in [7, 11) is 2.10. The first-order valence-corrected chi connectivity index (χ1v) is 13.9. The Balaban J connectivity index is 1.25. The van der Waals surface area contributed by atoms with E-state index in [4.69, 9.17) is 9.47 Å². The van der Waals surface area contributed by atoms with Gasteiger partial charge < -0.3 is 29.8 Å². The predicted octanol–water partition coefficient (Wildman–Crippen LogP) is 5.39. The normalized spacial score (nSPS) is 23.6. The van der Waals surface area contributed by atoms with E-state index in [2.05, 4.69) is 42.2 Å². The number of nitrogens with zero attached hydrogens (tertiary/aromatic N) is 1. The summed E-state index contributed by atoms with van der Waals surface area (Å²) in [5.74, 6) is 0.604. The molecular weight excluding hydrogens is 478 g/mol. The Morgan fingerprint density at radius 2 is 1.84 bits per heavy atom. The number of hydrogen-bond donors (Lipinski definition) is 3. The molecule has 38 heavy (non-hydrogen) atoms. The number of amides is 1. The fraction of sp³-hybridized carbons (Fsp3) is 0.516. The smallest absolute Gasteiger partial charge is 0.255 e. The van der Waals surface area contributed by atoms with E-state index in [-0.39, 0.29) is 12.0 Å². The van der Waals surface area contributed by atoms with Crippen LogP contribution in [0.1, 0.15) is 72.6 Å². The maximum atomic E-state index is 13.1. The zero-order valence-electron chi connectivity index (χ0n) is 23.1. The molecule has 1 aromatic heterocycles. The van der Waals surface area contributed by atoms with Gasteiger partial charge in [0.05, 0.1) is 17.2 Å². The van der Waals surface area contributed by atoms with Crippen molar-refractivity contribution in [3.05, 3.63) is 58.8 Å². The van der Waals surface area contributed by atoms with Crippen molar-refractivity contribution in [2.75, 3.05) is 18.5 Å². The second kappa shape index (κ2) is 11.1. The second-order valence-electron chi connectivity index (χ2n) is 11.3. The van der Waals surface area contributed by atoms with Crippen molar-refractivity contribution >= 4 is 22.5 Å². The highest BCUT2D eigenvalue weighted by Gasteiger charge is 2.28. The number of aromatic nitrogens is 1. The third kappa shape index (κ3) is 5.75. The molecule has 2 heterocycles. The van der Waals surface area contributed by atoms with Crippen LogP contribution < -0.4 is 15.4 Å². The molecule has 1 aliphatic carbocycles. The van der Waals surface area contributed by atoms with E-state index < -0.39 is 5.60 Å². The van der Waals surface area contributed by atoms with Gasteiger partial charge in [-0.15, -0.1) is 0 Å². The van der Waals surface area contributed by atoms with Gasteiger partial charge >= 0.3 is 0 Å². The number of aliphatic hydroxyl groups is 1. The lowest BCUT2D eigenvalue weighted by Gasteiger charge is -2.33. The number of aryl methyl sites for hydroxylation is 3. The molecule has 0 radical (unpaired) electrons. The molecule has 1 aliphatic heterocycles. The van der Waals surface area contributed by atoms with E-state index >= 15 is 0 Å². The number of nitrogens with one attached hydrogen (secondary N) is 2. The van der Waals surface area contributed by atoms with Gasteiger partial charge in [-0.2, -0.15) is 0 Å². The Bertz CT molecular complexity index is 1280. The van der Waals surface area contributed by atoms with E-state index in [1.165, 1.54) is 16.6 Å². The molecule has 1 saturated carbocycles. The van der Waals surface area contributed by atoms with Crippen molar-refractivity contribution in [3.63, 3.8) is 0 Å². The van der Waals surface area contributed by atoms with E-state index in [1.54, 1.807) is 12.1 Å². The van der Waals surface area contributed by atoms with Crippen molar-refractivity contribution in [1.82, 2.24) is 9.88 Å². The Hall–Kier alpha value is -2.87. The summed E-state index contributed by atoms with van der Waals surface area (Å²) in [6.07, 6.45) is 5.95. The highest BCUT2D eigenvalue weighted by Crippen LogP contribution is 2.33. The van der Waals surface area contributed by atoms with Crippen molar-refractivity contribution in [3.8, 4) is 5.75 Å². The Kier molecular flexibility index (Phi) is 7.80. The summed E-state index contributed by atoms with van der Waals surface area (Å²) in [6.45, 7) is 8.32. The number of hydrogen-bond acceptors (Lipinski definition) is 5. The van der Waals surface area contributed by atoms with Gasteiger partial charge in [0.15, 0.2) is 0 Å². The lowest BCUT2D eigenvalue weighted by Crippen LogP contribution is -2.39. The summed E-state index contributed by atoms with van der Waals surface area (Å²) in [6, 6.07) is 11.8. The van der Waals surface area contributed by atoms with Gasteiger partial charge in [0.1, 0.15) is 12.4 Å². The zero-order valence-corrected chi connectivity index (χ0v) is 23.1. The molecule has 204 valence electrons. The number of benzene rings is 2. The fourth-order valence-corrected chi connectivity index (χ4v) is 5.91. The molecule has 7 heteroatoms.